The van der Waals surface area contributed by atoms with Gasteiger partial charge < -0.3 is 4.98 Å². The molecular weight excluding hydrogens is 172 g/mol. The lowest BCUT2D eigenvalue weighted by atomic mass is 10.1. The largest absolute Gasteiger partial charge is 0.348 e. The first-order valence-electron chi connectivity index (χ1n) is 4.66. The molecule has 0 aromatic carbocycles. The highest BCUT2D eigenvalue weighted by atomic mass is 14.9. The molecule has 2 heteroatoms. The molecule has 0 amide bonds. The lowest BCUT2D eigenvalue weighted by Gasteiger charge is -1.99. The number of imidazole rings is 1. The first-order chi connectivity index (χ1) is 6.69. The molecule has 0 saturated heterocycles. The quantitative estimate of drug-likeness (QED) is 0.725. The molecule has 0 spiro atoms. The van der Waals surface area contributed by atoms with Gasteiger partial charge in [0.25, 0.3) is 0 Å². The van der Waals surface area contributed by atoms with E-state index < -0.39 is 0 Å². The Balaban J connectivity index is 3.11. The van der Waals surface area contributed by atoms with Crippen LogP contribution in [0.25, 0.3) is 5.57 Å². The standard InChI is InChI=1S/C12H16N2/c1-5-9(3)7-11(6-2)12-10(4)13-8-14-12/h5-8H,2H2,1,3-4H3,(H,13,14)/b9-5?,11-7+. The van der Waals surface area contributed by atoms with Gasteiger partial charge >= 0.3 is 0 Å². The summed E-state index contributed by atoms with van der Waals surface area (Å²) in [4.78, 5) is 7.31. The first-order valence-corrected chi connectivity index (χ1v) is 4.66. The predicted molar refractivity (Wildman–Crippen MR) is 60.9 cm³/mol. The maximum absolute atomic E-state index is 4.25. The normalized spacial score (nSPS) is 13.1. The topological polar surface area (TPSA) is 28.7 Å². The van der Waals surface area contributed by atoms with Gasteiger partial charge in [0, 0.05) is 11.3 Å². The van der Waals surface area contributed by atoms with Crippen molar-refractivity contribution in [2.75, 3.05) is 0 Å². The van der Waals surface area contributed by atoms with Gasteiger partial charge in [-0.2, -0.15) is 0 Å². The van der Waals surface area contributed by atoms with Crippen LogP contribution < -0.4 is 0 Å². The Morgan fingerprint density at radius 3 is 2.71 bits per heavy atom. The molecule has 0 aliphatic carbocycles. The highest BCUT2D eigenvalue weighted by Gasteiger charge is 2.03. The average molecular weight is 188 g/mol. The number of H-pyrrole nitrogens is 1. The number of allylic oxidation sites excluding steroid dienone is 5. The van der Waals surface area contributed by atoms with E-state index in [1.54, 1.807) is 6.33 Å². The molecule has 1 aromatic rings. The molecule has 74 valence electrons. The van der Waals surface area contributed by atoms with E-state index in [1.165, 1.54) is 5.57 Å². The van der Waals surface area contributed by atoms with Crippen LogP contribution in [-0.2, 0) is 0 Å². The molecule has 0 bridgehead atoms. The number of nitrogens with one attached hydrogen (secondary N) is 1. The number of aromatic nitrogens is 2. The van der Waals surface area contributed by atoms with Gasteiger partial charge in [-0.15, -0.1) is 0 Å². The van der Waals surface area contributed by atoms with Crippen molar-refractivity contribution in [2.24, 2.45) is 0 Å². The smallest absolute Gasteiger partial charge is 0.0929 e. The minimum Gasteiger partial charge on any atom is -0.348 e. The van der Waals surface area contributed by atoms with E-state index in [2.05, 4.69) is 35.6 Å². The van der Waals surface area contributed by atoms with Gasteiger partial charge in [0.1, 0.15) is 0 Å². The number of rotatable bonds is 3. The third kappa shape index (κ3) is 2.22. The maximum atomic E-state index is 4.25. The molecule has 1 rings (SSSR count). The van der Waals surface area contributed by atoms with Crippen LogP contribution >= 0.6 is 0 Å². The van der Waals surface area contributed by atoms with Crippen molar-refractivity contribution in [1.29, 1.82) is 0 Å². The summed E-state index contributed by atoms with van der Waals surface area (Å²) in [6.07, 6.45) is 7.67. The molecule has 0 atom stereocenters. The van der Waals surface area contributed by atoms with Gasteiger partial charge in [-0.1, -0.05) is 30.4 Å². The summed E-state index contributed by atoms with van der Waals surface area (Å²) in [7, 11) is 0. The number of nitrogens with zero attached hydrogens (tertiary/aromatic N) is 1. The Kier molecular flexibility index (Phi) is 3.46. The molecule has 1 heterocycles. The van der Waals surface area contributed by atoms with Gasteiger partial charge in [0.05, 0.1) is 12.0 Å². The zero-order valence-corrected chi connectivity index (χ0v) is 8.96. The van der Waals surface area contributed by atoms with Crippen molar-refractivity contribution in [3.05, 3.63) is 48.1 Å². The molecular formula is C12H16N2. The number of hydrogen-bond donors (Lipinski definition) is 1. The Bertz CT molecular complexity index is 381. The van der Waals surface area contributed by atoms with Gasteiger partial charge in [0.2, 0.25) is 0 Å². The van der Waals surface area contributed by atoms with Crippen LogP contribution in [0.4, 0.5) is 0 Å². The summed E-state index contributed by atoms with van der Waals surface area (Å²) in [5.74, 6) is 0. The fourth-order valence-corrected chi connectivity index (χ4v) is 1.20. The lowest BCUT2D eigenvalue weighted by molar-refractivity contribution is 1.25. The highest BCUT2D eigenvalue weighted by molar-refractivity contribution is 5.74. The van der Waals surface area contributed by atoms with Crippen LogP contribution in [-0.4, -0.2) is 9.97 Å². The molecule has 2 nitrogen and oxygen atoms in total. The fourth-order valence-electron chi connectivity index (χ4n) is 1.20. The lowest BCUT2D eigenvalue weighted by Crippen LogP contribution is -1.85. The number of hydrogen-bond acceptors (Lipinski definition) is 1. The third-order valence-corrected chi connectivity index (χ3v) is 2.16. The molecule has 1 N–H and O–H groups in total. The maximum Gasteiger partial charge on any atom is 0.0929 e. The first kappa shape index (κ1) is 10.5. The van der Waals surface area contributed by atoms with Crippen LogP contribution in [0.2, 0.25) is 0 Å². The summed E-state index contributed by atoms with van der Waals surface area (Å²) in [5.41, 5.74) is 4.31. The zero-order valence-electron chi connectivity index (χ0n) is 8.96. The number of aromatic amines is 1. The average Bonchev–Trinajstić information content (AvgIpc) is 2.60. The third-order valence-electron chi connectivity index (χ3n) is 2.16. The van der Waals surface area contributed by atoms with Crippen molar-refractivity contribution in [3.8, 4) is 0 Å². The molecule has 0 aliphatic heterocycles. The van der Waals surface area contributed by atoms with Crippen LogP contribution in [0.15, 0.2) is 36.7 Å². The van der Waals surface area contributed by atoms with Crippen molar-refractivity contribution in [3.63, 3.8) is 0 Å². The van der Waals surface area contributed by atoms with Crippen molar-refractivity contribution in [2.45, 2.75) is 20.8 Å². The van der Waals surface area contributed by atoms with E-state index in [-0.39, 0.29) is 0 Å². The van der Waals surface area contributed by atoms with E-state index in [0.717, 1.165) is 17.0 Å². The van der Waals surface area contributed by atoms with E-state index in [1.807, 2.05) is 19.9 Å². The second-order valence-electron chi connectivity index (χ2n) is 3.21. The van der Waals surface area contributed by atoms with Gasteiger partial charge in [-0.3, -0.25) is 0 Å². The van der Waals surface area contributed by atoms with Crippen LogP contribution in [0.3, 0.4) is 0 Å². The minimum atomic E-state index is 0.973. The zero-order chi connectivity index (χ0) is 10.6. The minimum absolute atomic E-state index is 0.973. The summed E-state index contributed by atoms with van der Waals surface area (Å²) in [5, 5.41) is 0. The summed E-state index contributed by atoms with van der Waals surface area (Å²) < 4.78 is 0. The fraction of sp³-hybridized carbons (Fsp3) is 0.250. The summed E-state index contributed by atoms with van der Waals surface area (Å²) in [6.45, 7) is 9.88. The number of aryl methyl sites for hydroxylation is 1. The Morgan fingerprint density at radius 2 is 2.29 bits per heavy atom. The van der Waals surface area contributed by atoms with Crippen LogP contribution in [0.1, 0.15) is 25.2 Å². The summed E-state index contributed by atoms with van der Waals surface area (Å²) >= 11 is 0. The van der Waals surface area contributed by atoms with Gasteiger partial charge in [-0.05, 0) is 20.8 Å². The molecule has 0 fully saturated rings. The van der Waals surface area contributed by atoms with Gasteiger partial charge in [0.15, 0.2) is 0 Å². The Hall–Kier alpha value is -1.57. The highest BCUT2D eigenvalue weighted by Crippen LogP contribution is 2.17. The molecule has 0 saturated carbocycles. The molecule has 0 radical (unpaired) electrons. The molecule has 14 heavy (non-hydrogen) atoms. The van der Waals surface area contributed by atoms with Crippen molar-refractivity contribution >= 4 is 5.57 Å². The Labute approximate surface area is 85.1 Å². The second kappa shape index (κ2) is 4.61. The van der Waals surface area contributed by atoms with Crippen molar-refractivity contribution < 1.29 is 0 Å². The van der Waals surface area contributed by atoms with Crippen LogP contribution in [0.5, 0.6) is 0 Å². The summed E-state index contributed by atoms with van der Waals surface area (Å²) in [6, 6.07) is 0. The monoisotopic (exact) mass is 188 g/mol. The van der Waals surface area contributed by atoms with E-state index >= 15 is 0 Å². The molecule has 0 unspecified atom stereocenters. The van der Waals surface area contributed by atoms with E-state index in [9.17, 15) is 0 Å². The second-order valence-corrected chi connectivity index (χ2v) is 3.21. The van der Waals surface area contributed by atoms with E-state index in [0.29, 0.717) is 0 Å². The molecule has 0 aliphatic rings. The van der Waals surface area contributed by atoms with Crippen molar-refractivity contribution in [1.82, 2.24) is 9.97 Å². The SMILES string of the molecule is C=C/C(=C\C(C)=CC)c1nc[nH]c1C. The van der Waals surface area contributed by atoms with Crippen LogP contribution in [0, 0.1) is 6.92 Å². The van der Waals surface area contributed by atoms with E-state index in [4.69, 9.17) is 0 Å². The molecule has 1 aromatic heterocycles. The van der Waals surface area contributed by atoms with Gasteiger partial charge in [-0.25, -0.2) is 4.98 Å². The predicted octanol–water partition coefficient (Wildman–Crippen LogP) is 3.25. The Morgan fingerprint density at radius 1 is 1.57 bits per heavy atom.